The fourth-order valence-corrected chi connectivity index (χ4v) is 6.82. The number of aromatic carboxylic acids is 1. The zero-order valence-corrected chi connectivity index (χ0v) is 32.1. The number of aryl methyl sites for hydroxylation is 1. The van der Waals surface area contributed by atoms with E-state index in [0.717, 1.165) is 60.8 Å². The predicted molar refractivity (Wildman–Crippen MR) is 213 cm³/mol. The zero-order chi connectivity index (χ0) is 37.9. The summed E-state index contributed by atoms with van der Waals surface area (Å²) in [5.41, 5.74) is 5.79. The number of morpholine rings is 1. The number of hydrogen-bond donors (Lipinski definition) is 3. The van der Waals surface area contributed by atoms with E-state index in [1.54, 1.807) is 18.2 Å². The molecule has 2 aromatic heterocycles. The van der Waals surface area contributed by atoms with Crippen LogP contribution in [0.1, 0.15) is 54.4 Å². The molecule has 54 heavy (non-hydrogen) atoms. The Balaban J connectivity index is 1.23. The number of pyridine rings is 1. The molecule has 6 rings (SSSR count). The van der Waals surface area contributed by atoms with Gasteiger partial charge in [0.05, 0.1) is 42.0 Å². The van der Waals surface area contributed by atoms with Crippen molar-refractivity contribution < 1.29 is 24.1 Å². The highest BCUT2D eigenvalue weighted by Gasteiger charge is 2.21. The fraction of sp³-hybridized carbons (Fsp3) is 0.333. The maximum Gasteiger partial charge on any atom is 0.335 e. The van der Waals surface area contributed by atoms with Gasteiger partial charge in [-0.1, -0.05) is 69.3 Å². The first-order valence-corrected chi connectivity index (χ1v) is 19.0. The van der Waals surface area contributed by atoms with Crippen LogP contribution in [-0.2, 0) is 17.9 Å². The second-order valence-electron chi connectivity index (χ2n) is 14.4. The Morgan fingerprint density at radius 3 is 2.50 bits per heavy atom. The topological polar surface area (TPSA) is 131 Å². The van der Waals surface area contributed by atoms with E-state index in [-0.39, 0.29) is 17.0 Å². The monoisotopic (exact) mass is 748 g/mol. The summed E-state index contributed by atoms with van der Waals surface area (Å²) >= 11 is 1.23. The van der Waals surface area contributed by atoms with Crippen molar-refractivity contribution in [2.24, 2.45) is 5.41 Å². The number of nitrogens with zero attached hydrogens (tertiary/aromatic N) is 4. The van der Waals surface area contributed by atoms with Crippen LogP contribution in [0.25, 0.3) is 11.3 Å². The van der Waals surface area contributed by atoms with E-state index >= 15 is 0 Å². The van der Waals surface area contributed by atoms with Gasteiger partial charge >= 0.3 is 5.97 Å². The van der Waals surface area contributed by atoms with Gasteiger partial charge in [-0.2, -0.15) is 4.98 Å². The first-order chi connectivity index (χ1) is 26.1. The number of carboxylic acid groups (broad SMARTS) is 1. The van der Waals surface area contributed by atoms with Crippen molar-refractivity contribution in [1.82, 2.24) is 20.3 Å². The quantitative estimate of drug-likeness (QED) is 0.0844. The van der Waals surface area contributed by atoms with Gasteiger partial charge < -0.3 is 29.5 Å². The summed E-state index contributed by atoms with van der Waals surface area (Å²) < 4.78 is 21.6. The minimum absolute atomic E-state index is 0.00286. The van der Waals surface area contributed by atoms with Crippen molar-refractivity contribution in [2.45, 2.75) is 58.2 Å². The van der Waals surface area contributed by atoms with Crippen molar-refractivity contribution >= 4 is 29.6 Å². The van der Waals surface area contributed by atoms with Crippen LogP contribution in [-0.4, -0.2) is 65.0 Å². The Hall–Kier alpha value is -5.17. The average molecular weight is 749 g/mol. The van der Waals surface area contributed by atoms with Crippen molar-refractivity contribution in [3.63, 3.8) is 0 Å². The standard InChI is InChI=1S/C42H48N6O5S/c1-29-10-8-15-37(52-27-30-11-6-5-7-12-30)39(29)36-23-38(46-41(45-36)47-54-35-14-9-13-31(22-35)40(49)50)53-28-33(24-42(2,3)4)43-25-32-16-17-34(26-44-32)48-18-20-51-21-19-48/h5-17,22-23,26,33,43H,18-21,24-25,27-28H2,1-4H3,(H,49,50)(H,45,46,47). The molecule has 1 unspecified atom stereocenters. The molecule has 1 aliphatic rings. The number of anilines is 2. The molecule has 1 fully saturated rings. The molecule has 0 radical (unpaired) electrons. The van der Waals surface area contributed by atoms with E-state index in [1.807, 2.05) is 73.8 Å². The van der Waals surface area contributed by atoms with Gasteiger partial charge in [0.1, 0.15) is 19.0 Å². The van der Waals surface area contributed by atoms with Gasteiger partial charge in [0.2, 0.25) is 11.8 Å². The SMILES string of the molecule is Cc1cccc(OCc2ccccc2)c1-c1cc(OCC(CC(C)(C)C)NCc2ccc(N3CCOCC3)cn2)nc(NSc2cccc(C(=O)O)c2)n1. The largest absolute Gasteiger partial charge is 0.488 e. The van der Waals surface area contributed by atoms with Gasteiger partial charge in [-0.05, 0) is 78.2 Å². The maximum absolute atomic E-state index is 11.6. The summed E-state index contributed by atoms with van der Waals surface area (Å²) in [6, 6.07) is 28.7. The summed E-state index contributed by atoms with van der Waals surface area (Å²) in [6.07, 6.45) is 2.79. The maximum atomic E-state index is 11.6. The van der Waals surface area contributed by atoms with Crippen molar-refractivity contribution in [3.8, 4) is 22.9 Å². The summed E-state index contributed by atoms with van der Waals surface area (Å²) in [5, 5.41) is 13.2. The first kappa shape index (κ1) is 38.6. The molecule has 282 valence electrons. The number of rotatable bonds is 16. The Labute approximate surface area is 321 Å². The summed E-state index contributed by atoms with van der Waals surface area (Å²) in [6.45, 7) is 13.2. The van der Waals surface area contributed by atoms with Crippen LogP contribution >= 0.6 is 11.9 Å². The average Bonchev–Trinajstić information content (AvgIpc) is 3.18. The van der Waals surface area contributed by atoms with Gasteiger partial charge in [0.15, 0.2) is 0 Å². The molecule has 0 spiro atoms. The van der Waals surface area contributed by atoms with Crippen LogP contribution in [0, 0.1) is 12.3 Å². The minimum Gasteiger partial charge on any atom is -0.488 e. The lowest BCUT2D eigenvalue weighted by Gasteiger charge is -2.29. The molecule has 3 N–H and O–H groups in total. The van der Waals surface area contributed by atoms with Crippen molar-refractivity contribution in [2.75, 3.05) is 42.5 Å². The molecule has 11 nitrogen and oxygen atoms in total. The Morgan fingerprint density at radius 2 is 1.76 bits per heavy atom. The highest BCUT2D eigenvalue weighted by Crippen LogP contribution is 2.35. The summed E-state index contributed by atoms with van der Waals surface area (Å²) in [5.74, 6) is 0.410. The lowest BCUT2D eigenvalue weighted by molar-refractivity contribution is 0.0696. The Kier molecular flexibility index (Phi) is 13.0. The van der Waals surface area contributed by atoms with E-state index in [4.69, 9.17) is 29.2 Å². The third-order valence-corrected chi connectivity index (χ3v) is 9.59. The molecule has 0 bridgehead atoms. The van der Waals surface area contributed by atoms with E-state index in [9.17, 15) is 9.90 Å². The first-order valence-electron chi connectivity index (χ1n) is 18.2. The molecule has 0 aliphatic carbocycles. The van der Waals surface area contributed by atoms with Gasteiger partial charge in [0, 0.05) is 42.2 Å². The molecule has 1 saturated heterocycles. The lowest BCUT2D eigenvalue weighted by atomic mass is 9.88. The third-order valence-electron chi connectivity index (χ3n) is 8.82. The van der Waals surface area contributed by atoms with E-state index in [1.165, 1.54) is 11.9 Å². The van der Waals surface area contributed by atoms with Gasteiger partial charge in [-0.3, -0.25) is 9.71 Å². The van der Waals surface area contributed by atoms with Gasteiger partial charge in [-0.25, -0.2) is 9.78 Å². The molecular formula is C42H48N6O5S. The molecule has 0 amide bonds. The molecule has 3 aromatic carbocycles. The van der Waals surface area contributed by atoms with E-state index in [0.29, 0.717) is 47.9 Å². The molecule has 12 heteroatoms. The minimum atomic E-state index is -0.992. The van der Waals surface area contributed by atoms with E-state index < -0.39 is 5.97 Å². The highest BCUT2D eigenvalue weighted by molar-refractivity contribution is 8.00. The van der Waals surface area contributed by atoms with Crippen LogP contribution in [0.3, 0.4) is 0 Å². The molecule has 1 aliphatic heterocycles. The van der Waals surface area contributed by atoms with Crippen molar-refractivity contribution in [3.05, 3.63) is 120 Å². The normalized spacial score (nSPS) is 13.7. The number of aromatic nitrogens is 3. The Morgan fingerprint density at radius 1 is 0.963 bits per heavy atom. The number of hydrogen-bond acceptors (Lipinski definition) is 11. The second kappa shape index (κ2) is 18.2. The molecule has 1 atom stereocenters. The highest BCUT2D eigenvalue weighted by atomic mass is 32.2. The number of ether oxygens (including phenoxy) is 3. The van der Waals surface area contributed by atoms with Crippen LogP contribution in [0.5, 0.6) is 11.6 Å². The lowest BCUT2D eigenvalue weighted by Crippen LogP contribution is -2.38. The molecule has 3 heterocycles. The second-order valence-corrected chi connectivity index (χ2v) is 15.3. The number of nitrogens with one attached hydrogen (secondary N) is 2. The van der Waals surface area contributed by atoms with E-state index in [2.05, 4.69) is 47.8 Å². The third kappa shape index (κ3) is 11.2. The smallest absolute Gasteiger partial charge is 0.335 e. The van der Waals surface area contributed by atoms with Crippen LogP contribution < -0.4 is 24.4 Å². The van der Waals surface area contributed by atoms with Gasteiger partial charge in [-0.15, -0.1) is 0 Å². The van der Waals surface area contributed by atoms with Crippen molar-refractivity contribution in [1.29, 1.82) is 0 Å². The van der Waals surface area contributed by atoms with Crippen LogP contribution in [0.2, 0.25) is 0 Å². The van der Waals surface area contributed by atoms with Crippen LogP contribution in [0.15, 0.2) is 102 Å². The molecule has 5 aromatic rings. The zero-order valence-electron chi connectivity index (χ0n) is 31.2. The summed E-state index contributed by atoms with van der Waals surface area (Å²) in [7, 11) is 0. The predicted octanol–water partition coefficient (Wildman–Crippen LogP) is 8.05. The number of benzene rings is 3. The molecule has 0 saturated carbocycles. The number of carboxylic acids is 1. The number of carbonyl (C=O) groups is 1. The molecular weight excluding hydrogens is 701 g/mol. The fourth-order valence-electron chi connectivity index (χ4n) is 6.19. The van der Waals surface area contributed by atoms with Gasteiger partial charge in [0.25, 0.3) is 0 Å². The summed E-state index contributed by atoms with van der Waals surface area (Å²) in [4.78, 5) is 29.0. The Bertz CT molecular complexity index is 1980. The van der Waals surface area contributed by atoms with Crippen LogP contribution in [0.4, 0.5) is 11.6 Å².